The Bertz CT molecular complexity index is 2050. The first-order chi connectivity index (χ1) is 33.3. The van der Waals surface area contributed by atoms with Gasteiger partial charge in [-0.05, 0) is 56.2 Å². The van der Waals surface area contributed by atoms with Gasteiger partial charge in [-0.3, -0.25) is 9.80 Å². The highest BCUT2D eigenvalue weighted by atomic mass is 79.9. The van der Waals surface area contributed by atoms with E-state index >= 15 is 0 Å². The van der Waals surface area contributed by atoms with Crippen LogP contribution in [0, 0.1) is 0 Å². The molecule has 4 saturated heterocycles. The summed E-state index contributed by atoms with van der Waals surface area (Å²) in [5, 5.41) is 0. The molecule has 14 nitrogen and oxygen atoms in total. The van der Waals surface area contributed by atoms with Crippen molar-refractivity contribution in [2.24, 2.45) is 0 Å². The Morgan fingerprint density at radius 2 is 0.875 bits per heavy atom. The van der Waals surface area contributed by atoms with Gasteiger partial charge in [-0.25, -0.2) is 14.4 Å². The second-order valence-electron chi connectivity index (χ2n) is 17.4. The Morgan fingerprint density at radius 1 is 0.542 bits per heavy atom. The van der Waals surface area contributed by atoms with Gasteiger partial charge in [0.15, 0.2) is 0 Å². The van der Waals surface area contributed by atoms with Crippen molar-refractivity contribution in [2.75, 3.05) is 115 Å². The van der Waals surface area contributed by atoms with E-state index in [1.54, 1.807) is 0 Å². The molecule has 0 atom stereocenters. The van der Waals surface area contributed by atoms with E-state index in [9.17, 15) is 67.1 Å². The van der Waals surface area contributed by atoms with Crippen LogP contribution in [-0.2, 0) is 36.8 Å². The van der Waals surface area contributed by atoms with E-state index in [-0.39, 0.29) is 32.3 Å². The number of hydrogen-bond acceptors (Lipinski definition) is 12. The molecule has 2 aromatic carbocycles. The van der Waals surface area contributed by atoms with Crippen LogP contribution in [0.3, 0.4) is 0 Å². The Hall–Kier alpha value is -3.70. The number of alkyl halides is 12. The van der Waals surface area contributed by atoms with Crippen LogP contribution in [0.15, 0.2) is 45.3 Å². The average molecular weight is 1210 g/mol. The number of nitrogens with zero attached hydrogens (tertiary/aromatic N) is 6. The molecular weight excluding hydrogens is 1150 g/mol. The minimum absolute atomic E-state index is 0.0370. The summed E-state index contributed by atoms with van der Waals surface area (Å²) in [5.74, 6) is 0. The Kier molecular flexibility index (Phi) is 22.1. The van der Waals surface area contributed by atoms with E-state index in [1.165, 1.54) is 11.3 Å². The van der Waals surface area contributed by atoms with E-state index < -0.39 is 54.0 Å². The molecule has 0 N–H and O–H groups in total. The summed E-state index contributed by atoms with van der Waals surface area (Å²) in [7, 11) is 0. The number of amides is 2. The maximum Gasteiger partial charge on any atom is 0.434 e. The van der Waals surface area contributed by atoms with Crippen LogP contribution in [0.25, 0.3) is 0 Å². The lowest BCUT2D eigenvalue weighted by Crippen LogP contribution is -2.52. The Morgan fingerprint density at radius 3 is 1.18 bits per heavy atom. The third-order valence-corrected chi connectivity index (χ3v) is 11.9. The molecule has 6 rings (SSSR count). The molecule has 0 saturated carbocycles. The standard InChI is InChI=1S/C20H30BrN3O3.C19H22BrF6N3O3.C4HClF6O2/c1-20(2,3)27-19(25)24-8-6-22(7-9-24)15-16-4-5-17(21)14-18(16)23-10-12-26-13-11-23;20-14-2-1-13(15(11-14)28-7-9-31-10-8-28)12-27-3-5-29(6-4-27)17(30)32-16(18(21,22)23)19(24,25)26;5-2(12)13-1(3(6,7)8)4(9,10)11/h4-5,14H,6-13,15H2,1-3H3;1-2,11,16H,3-10,12H2;1H. The summed E-state index contributed by atoms with van der Waals surface area (Å²) < 4.78 is 170. The third kappa shape index (κ3) is 19.9. The smallest absolute Gasteiger partial charge is 0.434 e. The van der Waals surface area contributed by atoms with Gasteiger partial charge in [-0.1, -0.05) is 44.0 Å². The molecule has 0 spiro atoms. The monoisotopic (exact) mass is 1200 g/mol. The molecule has 72 heavy (non-hydrogen) atoms. The number of rotatable bonds is 8. The zero-order valence-electron chi connectivity index (χ0n) is 39.0. The summed E-state index contributed by atoms with van der Waals surface area (Å²) in [6, 6.07) is 12.4. The highest BCUT2D eigenvalue weighted by Crippen LogP contribution is 2.38. The van der Waals surface area contributed by atoms with Crippen molar-refractivity contribution in [3.8, 4) is 0 Å². The van der Waals surface area contributed by atoms with Crippen molar-refractivity contribution < 1.29 is 90.8 Å². The van der Waals surface area contributed by atoms with Crippen molar-refractivity contribution in [2.45, 2.75) is 76.4 Å². The minimum atomic E-state index is -5.73. The fraction of sp³-hybridized carbons (Fsp3) is 0.651. The quantitative estimate of drug-likeness (QED) is 0.142. The number of hydrogen-bond donors (Lipinski definition) is 0. The lowest BCUT2D eigenvalue weighted by Gasteiger charge is -2.37. The number of anilines is 2. The Labute approximate surface area is 428 Å². The molecule has 0 aromatic heterocycles. The first-order valence-electron chi connectivity index (χ1n) is 22.0. The van der Waals surface area contributed by atoms with E-state index in [1.807, 2.05) is 48.8 Å². The second-order valence-corrected chi connectivity index (χ2v) is 19.6. The van der Waals surface area contributed by atoms with E-state index in [2.05, 4.69) is 85.8 Å². The maximum absolute atomic E-state index is 12.6. The molecular formula is C43H53Br2ClF12N6O8. The lowest BCUT2D eigenvalue weighted by molar-refractivity contribution is -0.308. The van der Waals surface area contributed by atoms with Crippen molar-refractivity contribution in [3.05, 3.63) is 56.5 Å². The molecule has 2 amide bonds. The molecule has 0 radical (unpaired) electrons. The van der Waals surface area contributed by atoms with Crippen LogP contribution >= 0.6 is 43.5 Å². The van der Waals surface area contributed by atoms with Gasteiger partial charge in [-0.15, -0.1) is 0 Å². The van der Waals surface area contributed by atoms with E-state index in [0.717, 1.165) is 84.1 Å². The van der Waals surface area contributed by atoms with Crippen LogP contribution < -0.4 is 9.80 Å². The van der Waals surface area contributed by atoms with Crippen molar-refractivity contribution in [1.82, 2.24) is 19.6 Å². The summed E-state index contributed by atoms with van der Waals surface area (Å²) >= 11 is 11.3. The van der Waals surface area contributed by atoms with Crippen molar-refractivity contribution in [3.63, 3.8) is 0 Å². The summed E-state index contributed by atoms with van der Waals surface area (Å²) in [4.78, 5) is 45.5. The highest BCUT2D eigenvalue weighted by Gasteiger charge is 2.61. The normalized spacial score (nSPS) is 18.0. The van der Waals surface area contributed by atoms with Gasteiger partial charge >= 0.3 is 42.3 Å². The maximum atomic E-state index is 12.6. The van der Waals surface area contributed by atoms with E-state index in [0.29, 0.717) is 32.8 Å². The van der Waals surface area contributed by atoms with Gasteiger partial charge < -0.3 is 43.3 Å². The first-order valence-corrected chi connectivity index (χ1v) is 24.0. The van der Waals surface area contributed by atoms with Gasteiger partial charge in [0.05, 0.1) is 26.4 Å². The molecule has 0 aliphatic carbocycles. The fourth-order valence-corrected chi connectivity index (χ4v) is 8.22. The third-order valence-electron chi connectivity index (χ3n) is 10.9. The van der Waals surface area contributed by atoms with Gasteiger partial charge in [0.25, 0.3) is 12.2 Å². The average Bonchev–Trinajstić information content (AvgIpc) is 3.28. The fourth-order valence-electron chi connectivity index (χ4n) is 7.43. The molecule has 0 bridgehead atoms. The second kappa shape index (κ2) is 26.2. The molecule has 2 aromatic rings. The van der Waals surface area contributed by atoms with Gasteiger partial charge in [0, 0.05) is 124 Å². The number of halogens is 15. The molecule has 29 heteroatoms. The Balaban J connectivity index is 0.000000255. The van der Waals surface area contributed by atoms with Gasteiger partial charge in [-0.2, -0.15) is 52.7 Å². The lowest BCUT2D eigenvalue weighted by atomic mass is 10.1. The van der Waals surface area contributed by atoms with Crippen LogP contribution in [0.2, 0.25) is 0 Å². The van der Waals surface area contributed by atoms with Crippen molar-refractivity contribution in [1.29, 1.82) is 0 Å². The predicted octanol–water partition coefficient (Wildman–Crippen LogP) is 10.2. The molecule has 408 valence electrons. The van der Waals surface area contributed by atoms with Crippen molar-refractivity contribution >= 4 is 72.5 Å². The predicted molar refractivity (Wildman–Crippen MR) is 245 cm³/mol. The van der Waals surface area contributed by atoms with Crippen LogP contribution in [-0.4, -0.2) is 185 Å². The zero-order chi connectivity index (χ0) is 53.8. The SMILES string of the molecule is CC(C)(C)OC(=O)N1CCN(Cc2ccc(Br)cc2N2CCOCC2)CC1.O=C(Cl)OC(C(F)(F)F)C(F)(F)F.O=C(OC(C(F)(F)F)C(F)(F)F)N1CCN(Cc2ccc(Br)cc2N2CCOCC2)CC1. The summed E-state index contributed by atoms with van der Waals surface area (Å²) in [5.41, 5.74) is 2.05. The number of piperazine rings is 2. The minimum Gasteiger partial charge on any atom is -0.444 e. The molecule has 4 aliphatic heterocycles. The number of carbonyl (C=O) groups is 3. The topological polar surface area (TPSA) is 117 Å². The largest absolute Gasteiger partial charge is 0.444 e. The molecule has 4 fully saturated rings. The number of carbonyl (C=O) groups excluding carboxylic acids is 3. The van der Waals surface area contributed by atoms with E-state index in [4.69, 9.17) is 14.2 Å². The highest BCUT2D eigenvalue weighted by molar-refractivity contribution is 9.10. The first kappa shape index (κ1) is 60.9. The number of morpholine rings is 2. The zero-order valence-corrected chi connectivity index (χ0v) is 42.9. The summed E-state index contributed by atoms with van der Waals surface area (Å²) in [6.45, 7) is 16.9. The number of benzene rings is 2. The van der Waals surface area contributed by atoms with Gasteiger partial charge in [0.2, 0.25) is 0 Å². The van der Waals surface area contributed by atoms with Crippen LogP contribution in [0.5, 0.6) is 0 Å². The number of ether oxygens (including phenoxy) is 5. The van der Waals surface area contributed by atoms with Crippen LogP contribution in [0.1, 0.15) is 31.9 Å². The molecule has 0 unspecified atom stereocenters. The molecule has 4 aliphatic rings. The summed E-state index contributed by atoms with van der Waals surface area (Å²) in [6.07, 6.45) is -33.0. The van der Waals surface area contributed by atoms with Crippen LogP contribution in [0.4, 0.5) is 78.4 Å². The van der Waals surface area contributed by atoms with Gasteiger partial charge in [0.1, 0.15) is 5.60 Å². The molecule has 4 heterocycles.